The fourth-order valence-electron chi connectivity index (χ4n) is 4.22. The first kappa shape index (κ1) is 20.4. The Morgan fingerprint density at radius 1 is 1.10 bits per heavy atom. The molecule has 1 aromatic carbocycles. The molecule has 0 aliphatic heterocycles. The van der Waals surface area contributed by atoms with Gasteiger partial charge < -0.3 is 20.6 Å². The molecule has 30 heavy (non-hydrogen) atoms. The van der Waals surface area contributed by atoms with Gasteiger partial charge in [0.25, 0.3) is 0 Å². The van der Waals surface area contributed by atoms with Crippen LogP contribution in [0.4, 0.5) is 11.5 Å². The number of rotatable bonds is 8. The molecule has 0 amide bonds. The molecular formula is C24H29N3O3. The molecule has 0 radical (unpaired) electrons. The zero-order valence-electron chi connectivity index (χ0n) is 17.2. The zero-order chi connectivity index (χ0) is 20.9. The highest BCUT2D eigenvalue weighted by molar-refractivity contribution is 6.07. The first-order valence-electron chi connectivity index (χ1n) is 10.9. The Kier molecular flexibility index (Phi) is 6.31. The fourth-order valence-corrected chi connectivity index (χ4v) is 4.22. The number of hydrogen-bond donors (Lipinski definition) is 3. The van der Waals surface area contributed by atoms with E-state index < -0.39 is 5.97 Å². The molecule has 6 heteroatoms. The molecule has 3 N–H and O–H groups in total. The van der Waals surface area contributed by atoms with Gasteiger partial charge in [-0.25, -0.2) is 9.78 Å². The number of aromatic carboxylic acids is 1. The largest absolute Gasteiger partial charge is 0.492 e. The first-order chi connectivity index (χ1) is 14.6. The summed E-state index contributed by atoms with van der Waals surface area (Å²) in [6.07, 6.45) is 9.07. The van der Waals surface area contributed by atoms with Crippen molar-refractivity contribution in [3.63, 3.8) is 0 Å². The number of nitrogens with one attached hydrogen (secondary N) is 2. The number of carboxylic acid groups (broad SMARTS) is 1. The lowest BCUT2D eigenvalue weighted by Gasteiger charge is -2.29. The molecule has 2 fully saturated rings. The smallest absolute Gasteiger partial charge is 0.354 e. The molecule has 158 valence electrons. The molecule has 1 heterocycles. The highest BCUT2D eigenvalue weighted by Crippen LogP contribution is 2.37. The maximum Gasteiger partial charge on any atom is 0.354 e. The third kappa shape index (κ3) is 4.64. The van der Waals surface area contributed by atoms with E-state index in [0.29, 0.717) is 35.4 Å². The second kappa shape index (κ2) is 9.28. The third-order valence-corrected chi connectivity index (χ3v) is 6.22. The Balaban J connectivity index is 1.70. The van der Waals surface area contributed by atoms with Gasteiger partial charge in [0.2, 0.25) is 0 Å². The van der Waals surface area contributed by atoms with Gasteiger partial charge in [-0.1, -0.05) is 43.9 Å². The van der Waals surface area contributed by atoms with Crippen LogP contribution in [-0.4, -0.2) is 28.4 Å². The third-order valence-electron chi connectivity index (χ3n) is 6.22. The summed E-state index contributed by atoms with van der Waals surface area (Å²) in [4.78, 5) is 16.1. The Morgan fingerprint density at radius 2 is 1.83 bits per heavy atom. The van der Waals surface area contributed by atoms with Crippen LogP contribution in [-0.2, 0) is 0 Å². The average molecular weight is 408 g/mol. The van der Waals surface area contributed by atoms with Gasteiger partial charge in [0, 0.05) is 23.4 Å². The topological polar surface area (TPSA) is 95.3 Å². The van der Waals surface area contributed by atoms with E-state index in [9.17, 15) is 9.90 Å². The number of anilines is 2. The van der Waals surface area contributed by atoms with Crippen molar-refractivity contribution in [2.75, 3.05) is 11.9 Å². The standard InChI is InChI=1S/C24H29N3O3/c25-22(17-10-7-11-17)21-20(30-15-16-8-3-1-4-9-16)14-19(24(28)29)27-23(21)26-18-12-5-2-6-13-18/h2,5-6,12-14,16-17,25H,1,3-4,7-11,15H2,(H,26,27)(H,28,29). The van der Waals surface area contributed by atoms with Crippen molar-refractivity contribution >= 4 is 23.2 Å². The minimum absolute atomic E-state index is 0.0720. The number of benzene rings is 1. The molecule has 4 rings (SSSR count). The van der Waals surface area contributed by atoms with Gasteiger partial charge in [-0.15, -0.1) is 0 Å². The highest BCUT2D eigenvalue weighted by atomic mass is 16.5. The molecule has 1 aromatic heterocycles. The molecule has 6 nitrogen and oxygen atoms in total. The van der Waals surface area contributed by atoms with Gasteiger partial charge in [-0.05, 0) is 43.7 Å². The molecule has 0 unspecified atom stereocenters. The van der Waals surface area contributed by atoms with Crippen molar-refractivity contribution in [2.24, 2.45) is 11.8 Å². The molecule has 2 aromatic rings. The SMILES string of the molecule is N=C(c1c(OCC2CCCCC2)cc(C(=O)O)nc1Nc1ccccc1)C1CCC1. The number of aromatic nitrogens is 1. The quantitative estimate of drug-likeness (QED) is 0.491. The summed E-state index contributed by atoms with van der Waals surface area (Å²) in [6, 6.07) is 11.0. The van der Waals surface area contributed by atoms with E-state index in [0.717, 1.165) is 37.8 Å². The number of hydrogen-bond acceptors (Lipinski definition) is 5. The number of para-hydroxylation sites is 1. The molecule has 0 bridgehead atoms. The fraction of sp³-hybridized carbons (Fsp3) is 0.458. The second-order valence-corrected chi connectivity index (χ2v) is 8.38. The first-order valence-corrected chi connectivity index (χ1v) is 10.9. The van der Waals surface area contributed by atoms with Crippen LogP contribution in [0.3, 0.4) is 0 Å². The van der Waals surface area contributed by atoms with Crippen molar-refractivity contribution < 1.29 is 14.6 Å². The van der Waals surface area contributed by atoms with Gasteiger partial charge in [-0.3, -0.25) is 0 Å². The van der Waals surface area contributed by atoms with Crippen molar-refractivity contribution in [1.82, 2.24) is 4.98 Å². The van der Waals surface area contributed by atoms with E-state index in [1.54, 1.807) is 0 Å². The molecular weight excluding hydrogens is 378 g/mol. The Hall–Kier alpha value is -2.89. The van der Waals surface area contributed by atoms with E-state index in [4.69, 9.17) is 10.1 Å². The van der Waals surface area contributed by atoms with Crippen LogP contribution in [0.2, 0.25) is 0 Å². The van der Waals surface area contributed by atoms with Crippen molar-refractivity contribution in [3.8, 4) is 5.75 Å². The number of carboxylic acids is 1. The summed E-state index contributed by atoms with van der Waals surface area (Å²) < 4.78 is 6.20. The summed E-state index contributed by atoms with van der Waals surface area (Å²) in [7, 11) is 0. The lowest BCUT2D eigenvalue weighted by Crippen LogP contribution is -2.25. The average Bonchev–Trinajstić information content (AvgIpc) is 2.72. The highest BCUT2D eigenvalue weighted by Gasteiger charge is 2.30. The van der Waals surface area contributed by atoms with E-state index in [1.807, 2.05) is 30.3 Å². The van der Waals surface area contributed by atoms with Crippen LogP contribution in [0, 0.1) is 17.2 Å². The predicted molar refractivity (Wildman–Crippen MR) is 117 cm³/mol. The van der Waals surface area contributed by atoms with Gasteiger partial charge in [-0.2, -0.15) is 0 Å². The summed E-state index contributed by atoms with van der Waals surface area (Å²) >= 11 is 0. The zero-order valence-corrected chi connectivity index (χ0v) is 17.2. The van der Waals surface area contributed by atoms with Gasteiger partial charge in [0.05, 0.1) is 12.2 Å². The maximum absolute atomic E-state index is 11.7. The molecule has 2 saturated carbocycles. The Labute approximate surface area is 177 Å². The minimum atomic E-state index is -1.10. The van der Waals surface area contributed by atoms with Crippen LogP contribution < -0.4 is 10.1 Å². The Bertz CT molecular complexity index is 903. The Morgan fingerprint density at radius 3 is 2.47 bits per heavy atom. The van der Waals surface area contributed by atoms with Crippen LogP contribution in [0.15, 0.2) is 36.4 Å². The summed E-state index contributed by atoms with van der Waals surface area (Å²) in [6.45, 7) is 0.554. The normalized spacial score (nSPS) is 17.2. The number of pyridine rings is 1. The predicted octanol–water partition coefficient (Wildman–Crippen LogP) is 5.65. The molecule has 0 atom stereocenters. The second-order valence-electron chi connectivity index (χ2n) is 8.38. The van der Waals surface area contributed by atoms with Crippen LogP contribution in [0.25, 0.3) is 0 Å². The maximum atomic E-state index is 11.7. The van der Waals surface area contributed by atoms with E-state index in [2.05, 4.69) is 10.3 Å². The van der Waals surface area contributed by atoms with Gasteiger partial charge in [0.1, 0.15) is 11.6 Å². The van der Waals surface area contributed by atoms with Crippen molar-refractivity contribution in [3.05, 3.63) is 47.7 Å². The van der Waals surface area contributed by atoms with Crippen molar-refractivity contribution in [1.29, 1.82) is 5.41 Å². The van der Waals surface area contributed by atoms with Crippen LogP contribution in [0.5, 0.6) is 5.75 Å². The minimum Gasteiger partial charge on any atom is -0.492 e. The monoisotopic (exact) mass is 407 g/mol. The molecule has 2 aliphatic rings. The van der Waals surface area contributed by atoms with Crippen LogP contribution in [0.1, 0.15) is 67.4 Å². The molecule has 0 spiro atoms. The van der Waals surface area contributed by atoms with E-state index in [1.165, 1.54) is 25.3 Å². The van der Waals surface area contributed by atoms with Crippen molar-refractivity contribution in [2.45, 2.75) is 51.4 Å². The van der Waals surface area contributed by atoms with E-state index in [-0.39, 0.29) is 11.6 Å². The van der Waals surface area contributed by atoms with Crippen LogP contribution >= 0.6 is 0 Å². The van der Waals surface area contributed by atoms with E-state index >= 15 is 0 Å². The summed E-state index contributed by atoms with van der Waals surface area (Å²) in [5.41, 5.74) is 1.82. The lowest BCUT2D eigenvalue weighted by atomic mass is 9.79. The number of nitrogens with zero attached hydrogens (tertiary/aromatic N) is 1. The number of ether oxygens (including phenoxy) is 1. The lowest BCUT2D eigenvalue weighted by molar-refractivity contribution is 0.0690. The van der Waals surface area contributed by atoms with Gasteiger partial charge in [0.15, 0.2) is 5.69 Å². The molecule has 2 aliphatic carbocycles. The molecule has 0 saturated heterocycles. The van der Waals surface area contributed by atoms with Gasteiger partial charge >= 0.3 is 5.97 Å². The number of carbonyl (C=O) groups is 1. The summed E-state index contributed by atoms with van der Waals surface area (Å²) in [5.74, 6) is 0.405. The summed E-state index contributed by atoms with van der Waals surface area (Å²) in [5, 5.41) is 21.7.